The van der Waals surface area contributed by atoms with E-state index >= 15 is 0 Å². The van der Waals surface area contributed by atoms with Crippen molar-refractivity contribution in [1.29, 1.82) is 0 Å². The third-order valence-electron chi connectivity index (χ3n) is 2.33. The topological polar surface area (TPSA) is 67.3 Å². The average molecular weight is 233 g/mol. The van der Waals surface area contributed by atoms with Gasteiger partial charge in [0, 0.05) is 13.7 Å². The van der Waals surface area contributed by atoms with Crippen molar-refractivity contribution in [3.05, 3.63) is 30.5 Å². The Morgan fingerprint density at radius 1 is 1.35 bits per heavy atom. The van der Waals surface area contributed by atoms with Crippen molar-refractivity contribution < 1.29 is 9.84 Å². The summed E-state index contributed by atoms with van der Waals surface area (Å²) in [6.45, 7) is 0.689. The molecule has 0 saturated carbocycles. The molecule has 0 bridgehead atoms. The fourth-order valence-electron chi connectivity index (χ4n) is 1.52. The summed E-state index contributed by atoms with van der Waals surface area (Å²) < 4.78 is 4.84. The van der Waals surface area contributed by atoms with Crippen LogP contribution in [-0.4, -0.2) is 41.4 Å². The molecule has 2 rings (SSSR count). The minimum Gasteiger partial charge on any atom is -0.389 e. The summed E-state index contributed by atoms with van der Waals surface area (Å²) in [6.07, 6.45) is 1.11. The van der Waals surface area contributed by atoms with Crippen molar-refractivity contribution in [2.45, 2.75) is 6.10 Å². The zero-order chi connectivity index (χ0) is 12.1. The number of aliphatic hydroxyl groups is 1. The van der Waals surface area contributed by atoms with Crippen molar-refractivity contribution in [1.82, 2.24) is 9.97 Å². The lowest BCUT2D eigenvalue weighted by molar-refractivity contribution is 0.0727. The molecule has 0 aliphatic rings. The summed E-state index contributed by atoms with van der Waals surface area (Å²) in [5.74, 6) is 0.652. The molecule has 0 fully saturated rings. The highest BCUT2D eigenvalue weighted by Gasteiger charge is 2.04. The van der Waals surface area contributed by atoms with Gasteiger partial charge in [0.2, 0.25) is 0 Å². The van der Waals surface area contributed by atoms with E-state index in [0.717, 1.165) is 11.0 Å². The van der Waals surface area contributed by atoms with Gasteiger partial charge in [0.05, 0.1) is 29.9 Å². The van der Waals surface area contributed by atoms with Gasteiger partial charge in [-0.25, -0.2) is 4.98 Å². The highest BCUT2D eigenvalue weighted by atomic mass is 16.5. The number of hydrogen-bond donors (Lipinski definition) is 2. The van der Waals surface area contributed by atoms with Crippen LogP contribution in [-0.2, 0) is 4.74 Å². The number of aromatic nitrogens is 2. The van der Waals surface area contributed by atoms with E-state index < -0.39 is 6.10 Å². The Kier molecular flexibility index (Phi) is 3.85. The summed E-state index contributed by atoms with van der Waals surface area (Å²) in [5, 5.41) is 12.5. The number of aliphatic hydroxyl groups excluding tert-OH is 1. The summed E-state index contributed by atoms with van der Waals surface area (Å²) in [5.41, 5.74) is 1.69. The molecule has 5 heteroatoms. The van der Waals surface area contributed by atoms with Crippen LogP contribution in [0.25, 0.3) is 11.0 Å². The number of fused-ring (bicyclic) bond motifs is 1. The fourth-order valence-corrected chi connectivity index (χ4v) is 1.52. The fraction of sp³-hybridized carbons (Fsp3) is 0.333. The minimum absolute atomic E-state index is 0.300. The molecule has 0 aliphatic carbocycles. The smallest absolute Gasteiger partial charge is 0.145 e. The maximum absolute atomic E-state index is 9.49. The molecule has 1 aromatic carbocycles. The number of nitrogens with zero attached hydrogens (tertiary/aromatic N) is 2. The number of anilines is 1. The molecule has 0 spiro atoms. The molecular weight excluding hydrogens is 218 g/mol. The van der Waals surface area contributed by atoms with Crippen molar-refractivity contribution in [3.8, 4) is 0 Å². The van der Waals surface area contributed by atoms with Crippen LogP contribution in [0.2, 0.25) is 0 Å². The zero-order valence-electron chi connectivity index (χ0n) is 9.63. The molecule has 0 amide bonds. The predicted octanol–water partition coefficient (Wildman–Crippen LogP) is 1.05. The number of ether oxygens (including phenoxy) is 1. The molecule has 1 unspecified atom stereocenters. The molecular formula is C12H15N3O2. The lowest BCUT2D eigenvalue weighted by Crippen LogP contribution is -2.24. The van der Waals surface area contributed by atoms with Crippen LogP contribution in [0.3, 0.4) is 0 Å². The lowest BCUT2D eigenvalue weighted by atomic mass is 10.3. The van der Waals surface area contributed by atoms with Crippen LogP contribution >= 0.6 is 0 Å². The Hall–Kier alpha value is -1.72. The van der Waals surface area contributed by atoms with Crippen LogP contribution in [0.4, 0.5) is 5.82 Å². The van der Waals surface area contributed by atoms with Crippen LogP contribution in [0.1, 0.15) is 0 Å². The summed E-state index contributed by atoms with van der Waals surface area (Å²) in [4.78, 5) is 8.65. The molecule has 1 heterocycles. The molecule has 1 aromatic heterocycles. The van der Waals surface area contributed by atoms with Crippen molar-refractivity contribution in [2.24, 2.45) is 0 Å². The maximum Gasteiger partial charge on any atom is 0.145 e. The SMILES string of the molecule is COCC(O)CNc1cnc2ccccc2n1. The van der Waals surface area contributed by atoms with Gasteiger partial charge in [-0.1, -0.05) is 12.1 Å². The second-order valence-electron chi connectivity index (χ2n) is 3.73. The van der Waals surface area contributed by atoms with Gasteiger partial charge in [0.1, 0.15) is 5.82 Å². The zero-order valence-corrected chi connectivity index (χ0v) is 9.63. The first-order valence-corrected chi connectivity index (χ1v) is 5.42. The molecule has 2 aromatic rings. The van der Waals surface area contributed by atoms with Gasteiger partial charge >= 0.3 is 0 Å². The van der Waals surface area contributed by atoms with Gasteiger partial charge in [-0.2, -0.15) is 0 Å². The van der Waals surface area contributed by atoms with Gasteiger partial charge in [-0.15, -0.1) is 0 Å². The van der Waals surface area contributed by atoms with E-state index in [4.69, 9.17) is 4.74 Å². The molecule has 5 nitrogen and oxygen atoms in total. The highest BCUT2D eigenvalue weighted by Crippen LogP contribution is 2.11. The van der Waals surface area contributed by atoms with E-state index in [1.54, 1.807) is 13.3 Å². The molecule has 0 radical (unpaired) electrons. The molecule has 0 aliphatic heterocycles. The largest absolute Gasteiger partial charge is 0.389 e. The van der Waals surface area contributed by atoms with E-state index in [9.17, 15) is 5.11 Å². The average Bonchev–Trinajstić information content (AvgIpc) is 2.36. The second kappa shape index (κ2) is 5.56. The number of methoxy groups -OCH3 is 1. The molecule has 1 atom stereocenters. The minimum atomic E-state index is -0.548. The highest BCUT2D eigenvalue weighted by molar-refractivity contribution is 5.75. The summed E-state index contributed by atoms with van der Waals surface area (Å²) in [7, 11) is 1.55. The van der Waals surface area contributed by atoms with Crippen LogP contribution < -0.4 is 5.32 Å². The first-order chi connectivity index (χ1) is 8.29. The van der Waals surface area contributed by atoms with Crippen LogP contribution in [0, 0.1) is 0 Å². The van der Waals surface area contributed by atoms with Crippen molar-refractivity contribution >= 4 is 16.9 Å². The standard InChI is InChI=1S/C12H15N3O2/c1-17-8-9(16)6-14-12-7-13-10-4-2-3-5-11(10)15-12/h2-5,7,9,16H,6,8H2,1H3,(H,14,15). The Labute approximate surface area is 99.5 Å². The van der Waals surface area contributed by atoms with Crippen LogP contribution in [0.5, 0.6) is 0 Å². The number of nitrogens with one attached hydrogen (secondary N) is 1. The first kappa shape index (κ1) is 11.8. The van der Waals surface area contributed by atoms with Crippen molar-refractivity contribution in [3.63, 3.8) is 0 Å². The quantitative estimate of drug-likeness (QED) is 0.808. The van der Waals surface area contributed by atoms with Gasteiger partial charge < -0.3 is 15.2 Å². The monoisotopic (exact) mass is 233 g/mol. The van der Waals surface area contributed by atoms with Crippen molar-refractivity contribution in [2.75, 3.05) is 25.6 Å². The number of rotatable bonds is 5. The third kappa shape index (κ3) is 3.12. The summed E-state index contributed by atoms with van der Waals surface area (Å²) in [6, 6.07) is 7.65. The van der Waals surface area contributed by atoms with E-state index in [0.29, 0.717) is 19.0 Å². The Morgan fingerprint density at radius 2 is 2.12 bits per heavy atom. The first-order valence-electron chi connectivity index (χ1n) is 5.42. The molecule has 17 heavy (non-hydrogen) atoms. The van der Waals surface area contributed by atoms with E-state index in [2.05, 4.69) is 15.3 Å². The van der Waals surface area contributed by atoms with Gasteiger partial charge in [0.15, 0.2) is 0 Å². The normalized spacial score (nSPS) is 12.6. The second-order valence-corrected chi connectivity index (χ2v) is 3.73. The number of para-hydroxylation sites is 2. The summed E-state index contributed by atoms with van der Waals surface area (Å²) >= 11 is 0. The third-order valence-corrected chi connectivity index (χ3v) is 2.33. The lowest BCUT2D eigenvalue weighted by Gasteiger charge is -2.11. The van der Waals surface area contributed by atoms with Crippen LogP contribution in [0.15, 0.2) is 30.5 Å². The number of hydrogen-bond acceptors (Lipinski definition) is 5. The van der Waals surface area contributed by atoms with E-state index in [1.807, 2.05) is 24.3 Å². The Morgan fingerprint density at radius 3 is 2.88 bits per heavy atom. The van der Waals surface area contributed by atoms with Gasteiger partial charge in [0.25, 0.3) is 0 Å². The maximum atomic E-state index is 9.49. The van der Waals surface area contributed by atoms with Gasteiger partial charge in [-0.3, -0.25) is 4.98 Å². The van der Waals surface area contributed by atoms with Gasteiger partial charge in [-0.05, 0) is 12.1 Å². The Bertz CT molecular complexity index is 490. The molecule has 2 N–H and O–H groups in total. The number of benzene rings is 1. The molecule has 90 valence electrons. The van der Waals surface area contributed by atoms with E-state index in [-0.39, 0.29) is 0 Å². The van der Waals surface area contributed by atoms with E-state index in [1.165, 1.54) is 0 Å². The Balaban J connectivity index is 2.04. The predicted molar refractivity (Wildman–Crippen MR) is 65.9 cm³/mol. The molecule has 0 saturated heterocycles.